The van der Waals surface area contributed by atoms with Crippen molar-refractivity contribution in [1.82, 2.24) is 4.90 Å². The number of carbonyl (C=O) groups excluding carboxylic acids is 1. The molecule has 0 aromatic heterocycles. The number of carbonyl (C=O) groups is 1. The van der Waals surface area contributed by atoms with Crippen LogP contribution in [0.1, 0.15) is 69.6 Å². The Morgan fingerprint density at radius 1 is 0.930 bits per heavy atom. The first-order valence-electron chi connectivity index (χ1n) is 15.6. The highest BCUT2D eigenvalue weighted by Crippen LogP contribution is 2.40. The number of rotatable bonds is 7. The van der Waals surface area contributed by atoms with E-state index in [2.05, 4.69) is 4.90 Å². The quantitative estimate of drug-likeness (QED) is 0.305. The first-order valence-corrected chi connectivity index (χ1v) is 16.0. The molecule has 3 aliphatic rings. The van der Waals surface area contributed by atoms with Crippen molar-refractivity contribution in [2.45, 2.75) is 83.6 Å². The van der Waals surface area contributed by atoms with Crippen LogP contribution in [-0.2, 0) is 23.4 Å². The molecule has 6 rings (SSSR count). The maximum Gasteiger partial charge on any atom is 0.231 e. The van der Waals surface area contributed by atoms with Crippen molar-refractivity contribution >= 4 is 23.2 Å². The molecule has 43 heavy (non-hydrogen) atoms. The van der Waals surface area contributed by atoms with Crippen molar-refractivity contribution in [2.24, 2.45) is 5.92 Å². The zero-order valence-corrected chi connectivity index (χ0v) is 26.6. The van der Waals surface area contributed by atoms with E-state index in [-0.39, 0.29) is 17.9 Å². The molecule has 1 N–H and O–H groups in total. The standard InChI is InChI=1S/C30H40N2O4.C6H5Cl/c1-20(2)36-28-17-22-19-32(29(33)18-21(22)16-27(28)35-4)26-10-8-23(9-11-26)30(3,34)24-12-14-31(15-13-24)25-6-5-7-25;7-6-4-2-1-3-5-6/h8-11,16-17,20,24-25,34H,5-7,12-15,18-19H2,1-4H3;1-5H. The third kappa shape index (κ3) is 7.36. The van der Waals surface area contributed by atoms with Gasteiger partial charge in [0.2, 0.25) is 5.91 Å². The number of likely N-dealkylation sites (tertiary alicyclic amines) is 1. The minimum Gasteiger partial charge on any atom is -0.493 e. The number of amides is 1. The third-order valence-electron chi connectivity index (χ3n) is 9.23. The lowest BCUT2D eigenvalue weighted by molar-refractivity contribution is -0.118. The smallest absolute Gasteiger partial charge is 0.231 e. The van der Waals surface area contributed by atoms with Crippen molar-refractivity contribution in [3.63, 3.8) is 0 Å². The Morgan fingerprint density at radius 3 is 2.12 bits per heavy atom. The van der Waals surface area contributed by atoms with Crippen LogP contribution in [0, 0.1) is 5.92 Å². The molecule has 2 aliphatic heterocycles. The van der Waals surface area contributed by atoms with Gasteiger partial charge in [0.25, 0.3) is 0 Å². The number of nitrogens with zero attached hydrogens (tertiary/aromatic N) is 2. The number of hydrogen-bond acceptors (Lipinski definition) is 5. The number of halogens is 1. The molecule has 1 aliphatic carbocycles. The van der Waals surface area contributed by atoms with Gasteiger partial charge in [0.15, 0.2) is 11.5 Å². The number of fused-ring (bicyclic) bond motifs is 1. The van der Waals surface area contributed by atoms with E-state index >= 15 is 0 Å². The van der Waals surface area contributed by atoms with Crippen LogP contribution in [0.15, 0.2) is 66.7 Å². The number of piperidine rings is 1. The summed E-state index contributed by atoms with van der Waals surface area (Å²) in [6.07, 6.45) is 6.44. The van der Waals surface area contributed by atoms with Crippen LogP contribution < -0.4 is 14.4 Å². The second kappa shape index (κ2) is 13.7. The van der Waals surface area contributed by atoms with Crippen LogP contribution in [0.5, 0.6) is 11.5 Å². The summed E-state index contributed by atoms with van der Waals surface area (Å²) in [6.45, 7) is 8.59. The predicted molar refractivity (Wildman–Crippen MR) is 173 cm³/mol. The molecule has 2 fully saturated rings. The van der Waals surface area contributed by atoms with Gasteiger partial charge in [-0.3, -0.25) is 4.79 Å². The number of benzene rings is 3. The minimum atomic E-state index is -0.873. The lowest BCUT2D eigenvalue weighted by Gasteiger charge is -2.45. The van der Waals surface area contributed by atoms with Gasteiger partial charge < -0.3 is 24.4 Å². The average Bonchev–Trinajstić information content (AvgIpc) is 2.97. The van der Waals surface area contributed by atoms with Crippen molar-refractivity contribution in [1.29, 1.82) is 0 Å². The zero-order valence-electron chi connectivity index (χ0n) is 25.9. The highest BCUT2D eigenvalue weighted by Gasteiger charge is 2.38. The van der Waals surface area contributed by atoms with Crippen molar-refractivity contribution < 1.29 is 19.4 Å². The van der Waals surface area contributed by atoms with Gasteiger partial charge in [0.05, 0.1) is 31.8 Å². The van der Waals surface area contributed by atoms with Crippen molar-refractivity contribution in [3.05, 3.63) is 88.4 Å². The number of ether oxygens (including phenoxy) is 2. The molecule has 3 aromatic carbocycles. The second-order valence-electron chi connectivity index (χ2n) is 12.5. The maximum atomic E-state index is 13.1. The first kappa shape index (κ1) is 31.4. The molecule has 0 bridgehead atoms. The second-order valence-corrected chi connectivity index (χ2v) is 12.9. The first-order chi connectivity index (χ1) is 20.7. The van der Waals surface area contributed by atoms with Gasteiger partial charge in [0.1, 0.15) is 0 Å². The third-order valence-corrected chi connectivity index (χ3v) is 9.48. The van der Waals surface area contributed by atoms with E-state index in [1.807, 2.05) is 92.4 Å². The van der Waals surface area contributed by atoms with E-state index in [1.165, 1.54) is 19.3 Å². The van der Waals surface area contributed by atoms with Crippen molar-refractivity contribution in [2.75, 3.05) is 25.1 Å². The molecule has 1 unspecified atom stereocenters. The Morgan fingerprint density at radius 2 is 1.58 bits per heavy atom. The summed E-state index contributed by atoms with van der Waals surface area (Å²) in [5.74, 6) is 1.67. The molecular weight excluding hydrogens is 560 g/mol. The molecule has 6 nitrogen and oxygen atoms in total. The van der Waals surface area contributed by atoms with E-state index in [0.717, 1.165) is 59.4 Å². The van der Waals surface area contributed by atoms with E-state index < -0.39 is 5.60 Å². The van der Waals surface area contributed by atoms with Gasteiger partial charge >= 0.3 is 0 Å². The molecule has 230 valence electrons. The number of anilines is 1. The predicted octanol–water partition coefficient (Wildman–Crippen LogP) is 7.38. The summed E-state index contributed by atoms with van der Waals surface area (Å²) in [5, 5.41) is 12.3. The Hall–Kier alpha value is -3.06. The van der Waals surface area contributed by atoms with Crippen LogP contribution >= 0.6 is 11.6 Å². The van der Waals surface area contributed by atoms with Gasteiger partial charge in [-0.15, -0.1) is 0 Å². The van der Waals surface area contributed by atoms with Crippen molar-refractivity contribution in [3.8, 4) is 11.5 Å². The summed E-state index contributed by atoms with van der Waals surface area (Å²) in [6, 6.07) is 22.1. The van der Waals surface area contributed by atoms with E-state index in [1.54, 1.807) is 7.11 Å². The molecule has 0 spiro atoms. The Balaban J connectivity index is 0.000000463. The summed E-state index contributed by atoms with van der Waals surface area (Å²) in [4.78, 5) is 17.5. The van der Waals surface area contributed by atoms with Gasteiger partial charge in [-0.05, 0) is 119 Å². The van der Waals surface area contributed by atoms with Crippen LogP contribution in [0.3, 0.4) is 0 Å². The Bertz CT molecular complexity index is 1360. The summed E-state index contributed by atoms with van der Waals surface area (Å²) < 4.78 is 11.5. The van der Waals surface area contributed by atoms with Crippen LogP contribution in [0.4, 0.5) is 5.69 Å². The topological polar surface area (TPSA) is 62.2 Å². The molecule has 1 amide bonds. The summed E-state index contributed by atoms with van der Waals surface area (Å²) in [7, 11) is 1.63. The highest BCUT2D eigenvalue weighted by atomic mass is 35.5. The molecule has 7 heteroatoms. The number of aliphatic hydroxyl groups is 1. The molecule has 3 aromatic rings. The fraction of sp³-hybridized carbons (Fsp3) is 0.472. The fourth-order valence-electron chi connectivity index (χ4n) is 6.42. The largest absolute Gasteiger partial charge is 0.493 e. The monoisotopic (exact) mass is 604 g/mol. The fourth-order valence-corrected chi connectivity index (χ4v) is 6.57. The van der Waals surface area contributed by atoms with Gasteiger partial charge in [-0.25, -0.2) is 0 Å². The highest BCUT2D eigenvalue weighted by molar-refractivity contribution is 6.30. The van der Waals surface area contributed by atoms with Crippen LogP contribution in [0.25, 0.3) is 0 Å². The van der Waals surface area contributed by atoms with Crippen LogP contribution in [-0.4, -0.2) is 48.3 Å². The average molecular weight is 605 g/mol. The minimum absolute atomic E-state index is 0.0315. The normalized spacial score (nSPS) is 19.1. The van der Waals surface area contributed by atoms with E-state index in [9.17, 15) is 9.90 Å². The lowest BCUT2D eigenvalue weighted by Crippen LogP contribution is -2.48. The SMILES string of the molecule is COc1cc2c(cc1OC(C)C)CN(c1ccc(C(C)(O)C3CCN(C4CCC4)CC3)cc1)C(=O)C2.Clc1ccccc1. The molecule has 0 radical (unpaired) electrons. The van der Waals surface area contributed by atoms with E-state index in [4.69, 9.17) is 21.1 Å². The summed E-state index contributed by atoms with van der Waals surface area (Å²) in [5.41, 5.74) is 2.96. The van der Waals surface area contributed by atoms with Crippen LogP contribution in [0.2, 0.25) is 5.02 Å². The van der Waals surface area contributed by atoms with Gasteiger partial charge in [-0.1, -0.05) is 48.4 Å². The Labute approximate surface area is 261 Å². The van der Waals surface area contributed by atoms with E-state index in [0.29, 0.717) is 24.5 Å². The molecule has 1 atom stereocenters. The van der Waals surface area contributed by atoms with Gasteiger partial charge in [0, 0.05) is 16.8 Å². The molecular formula is C36H45ClN2O4. The molecule has 2 heterocycles. The summed E-state index contributed by atoms with van der Waals surface area (Å²) >= 11 is 5.54. The maximum absolute atomic E-state index is 13.1. The lowest BCUT2D eigenvalue weighted by atomic mass is 9.76. The molecule has 1 saturated heterocycles. The number of hydrogen-bond donors (Lipinski definition) is 1. The zero-order chi connectivity index (χ0) is 30.6. The Kier molecular flexibility index (Phi) is 10.0. The number of methoxy groups -OCH3 is 1. The molecule has 1 saturated carbocycles. The van der Waals surface area contributed by atoms with Gasteiger partial charge in [-0.2, -0.15) is 0 Å².